The molecule has 1 unspecified atom stereocenters. The molecule has 0 aliphatic carbocycles. The molecule has 2 rings (SSSR count). The summed E-state index contributed by atoms with van der Waals surface area (Å²) in [6.07, 6.45) is 0.813. The van der Waals surface area contributed by atoms with Crippen molar-refractivity contribution in [2.75, 3.05) is 13.1 Å². The maximum atomic E-state index is 12.0. The second kappa shape index (κ2) is 5.25. The molecule has 0 aromatic heterocycles. The summed E-state index contributed by atoms with van der Waals surface area (Å²) in [5.74, 6) is -0.277. The highest BCUT2D eigenvalue weighted by atomic mass is 35.5. The minimum atomic E-state index is -1.18. The standard InChI is InChI=1S/C12H13Cl2NO2/c13-9-5-8(6-10(14)7-9)11(16)12(17)15-3-1-2-4-15/h5-7,11,16H,1-4H2. The number of halogens is 2. The molecular formula is C12H13Cl2NO2. The lowest BCUT2D eigenvalue weighted by Gasteiger charge is -2.19. The van der Waals surface area contributed by atoms with E-state index in [1.807, 2.05) is 0 Å². The molecule has 92 valence electrons. The third kappa shape index (κ3) is 2.92. The number of likely N-dealkylation sites (tertiary alicyclic amines) is 1. The van der Waals surface area contributed by atoms with Crippen LogP contribution in [0.25, 0.3) is 0 Å². The Hall–Kier alpha value is -0.770. The molecule has 1 N–H and O–H groups in total. The van der Waals surface area contributed by atoms with E-state index < -0.39 is 6.10 Å². The van der Waals surface area contributed by atoms with Gasteiger partial charge in [0.25, 0.3) is 5.91 Å². The Kier molecular flexibility index (Phi) is 3.92. The number of benzene rings is 1. The molecule has 1 atom stereocenters. The van der Waals surface area contributed by atoms with E-state index in [0.717, 1.165) is 12.8 Å². The number of amides is 1. The first-order chi connectivity index (χ1) is 8.08. The number of hydrogen-bond acceptors (Lipinski definition) is 2. The van der Waals surface area contributed by atoms with E-state index in [2.05, 4.69) is 0 Å². The molecule has 1 aromatic rings. The molecule has 1 amide bonds. The Bertz CT molecular complexity index is 410. The van der Waals surface area contributed by atoms with Crippen LogP contribution >= 0.6 is 23.2 Å². The van der Waals surface area contributed by atoms with E-state index in [-0.39, 0.29) is 5.91 Å². The largest absolute Gasteiger partial charge is 0.378 e. The third-order valence-corrected chi connectivity index (χ3v) is 3.29. The van der Waals surface area contributed by atoms with Gasteiger partial charge in [0.15, 0.2) is 6.10 Å². The van der Waals surface area contributed by atoms with Gasteiger partial charge in [-0.1, -0.05) is 23.2 Å². The predicted molar refractivity (Wildman–Crippen MR) is 67.2 cm³/mol. The van der Waals surface area contributed by atoms with Gasteiger partial charge >= 0.3 is 0 Å². The monoisotopic (exact) mass is 273 g/mol. The average molecular weight is 274 g/mol. The summed E-state index contributed by atoms with van der Waals surface area (Å²) in [5, 5.41) is 10.8. The van der Waals surface area contributed by atoms with Crippen LogP contribution in [0.2, 0.25) is 10.0 Å². The second-order valence-electron chi connectivity index (χ2n) is 4.14. The van der Waals surface area contributed by atoms with Gasteiger partial charge in [-0.2, -0.15) is 0 Å². The van der Waals surface area contributed by atoms with Crippen LogP contribution in [-0.4, -0.2) is 29.0 Å². The van der Waals surface area contributed by atoms with E-state index in [0.29, 0.717) is 28.7 Å². The van der Waals surface area contributed by atoms with Crippen molar-refractivity contribution >= 4 is 29.1 Å². The summed E-state index contributed by atoms with van der Waals surface area (Å²) in [6.45, 7) is 1.42. The van der Waals surface area contributed by atoms with Crippen LogP contribution in [0.1, 0.15) is 24.5 Å². The van der Waals surface area contributed by atoms with Gasteiger partial charge in [0.05, 0.1) is 0 Å². The van der Waals surface area contributed by atoms with Crippen LogP contribution in [-0.2, 0) is 4.79 Å². The van der Waals surface area contributed by atoms with Crippen molar-refractivity contribution in [3.05, 3.63) is 33.8 Å². The summed E-state index contributed by atoms with van der Waals surface area (Å²) in [5.41, 5.74) is 0.444. The SMILES string of the molecule is O=C(C(O)c1cc(Cl)cc(Cl)c1)N1CCCC1. The van der Waals surface area contributed by atoms with Gasteiger partial charge in [-0.3, -0.25) is 4.79 Å². The predicted octanol–water partition coefficient (Wildman–Crippen LogP) is 2.65. The highest BCUT2D eigenvalue weighted by Crippen LogP contribution is 2.25. The van der Waals surface area contributed by atoms with Crippen LogP contribution in [0.15, 0.2) is 18.2 Å². The average Bonchev–Trinajstić information content (AvgIpc) is 2.79. The van der Waals surface area contributed by atoms with E-state index in [1.165, 1.54) is 0 Å². The quantitative estimate of drug-likeness (QED) is 0.900. The maximum absolute atomic E-state index is 12.0. The van der Waals surface area contributed by atoms with Gasteiger partial charge < -0.3 is 10.0 Å². The smallest absolute Gasteiger partial charge is 0.256 e. The zero-order chi connectivity index (χ0) is 12.4. The fourth-order valence-corrected chi connectivity index (χ4v) is 2.53. The molecule has 17 heavy (non-hydrogen) atoms. The number of hydrogen-bond donors (Lipinski definition) is 1. The number of rotatable bonds is 2. The third-order valence-electron chi connectivity index (χ3n) is 2.85. The number of nitrogens with zero attached hydrogens (tertiary/aromatic N) is 1. The first-order valence-electron chi connectivity index (χ1n) is 5.51. The first-order valence-corrected chi connectivity index (χ1v) is 6.26. The number of aliphatic hydroxyl groups excluding tert-OH is 1. The molecule has 1 saturated heterocycles. The van der Waals surface area contributed by atoms with Crippen molar-refractivity contribution in [1.29, 1.82) is 0 Å². The van der Waals surface area contributed by atoms with Crippen molar-refractivity contribution in [3.8, 4) is 0 Å². The second-order valence-corrected chi connectivity index (χ2v) is 5.01. The Morgan fingerprint density at radius 2 is 1.71 bits per heavy atom. The minimum Gasteiger partial charge on any atom is -0.378 e. The van der Waals surface area contributed by atoms with Crippen molar-refractivity contribution < 1.29 is 9.90 Å². The first kappa shape index (κ1) is 12.7. The number of carbonyl (C=O) groups is 1. The topological polar surface area (TPSA) is 40.5 Å². The fourth-order valence-electron chi connectivity index (χ4n) is 1.99. The van der Waals surface area contributed by atoms with E-state index >= 15 is 0 Å². The molecule has 1 aliphatic rings. The zero-order valence-electron chi connectivity index (χ0n) is 9.20. The molecule has 3 nitrogen and oxygen atoms in total. The molecular weight excluding hydrogens is 261 g/mol. The van der Waals surface area contributed by atoms with Crippen LogP contribution in [0, 0.1) is 0 Å². The van der Waals surface area contributed by atoms with Crippen LogP contribution in [0.3, 0.4) is 0 Å². The van der Waals surface area contributed by atoms with Gasteiger partial charge in [0.1, 0.15) is 0 Å². The van der Waals surface area contributed by atoms with Crippen molar-refractivity contribution in [2.45, 2.75) is 18.9 Å². The van der Waals surface area contributed by atoms with Gasteiger partial charge in [0, 0.05) is 23.1 Å². The Morgan fingerprint density at radius 3 is 2.24 bits per heavy atom. The number of aliphatic hydroxyl groups is 1. The molecule has 1 heterocycles. The van der Waals surface area contributed by atoms with Gasteiger partial charge in [-0.15, -0.1) is 0 Å². The summed E-state index contributed by atoms with van der Waals surface area (Å²) in [6, 6.07) is 4.69. The zero-order valence-corrected chi connectivity index (χ0v) is 10.7. The Labute approximate surface area is 110 Å². The molecule has 1 aliphatic heterocycles. The van der Waals surface area contributed by atoms with Crippen molar-refractivity contribution in [3.63, 3.8) is 0 Å². The minimum absolute atomic E-state index is 0.277. The summed E-state index contributed by atoms with van der Waals surface area (Å²) < 4.78 is 0. The fraction of sp³-hybridized carbons (Fsp3) is 0.417. The molecule has 1 fully saturated rings. The summed E-state index contributed by atoms with van der Waals surface area (Å²) >= 11 is 11.7. The highest BCUT2D eigenvalue weighted by Gasteiger charge is 2.26. The molecule has 0 spiro atoms. The lowest BCUT2D eigenvalue weighted by Crippen LogP contribution is -2.32. The van der Waals surface area contributed by atoms with Crippen LogP contribution in [0.4, 0.5) is 0 Å². The molecule has 0 saturated carbocycles. The van der Waals surface area contributed by atoms with Crippen molar-refractivity contribution in [1.82, 2.24) is 4.90 Å². The van der Waals surface area contributed by atoms with Gasteiger partial charge in [-0.25, -0.2) is 0 Å². The van der Waals surface area contributed by atoms with Gasteiger partial charge in [0.2, 0.25) is 0 Å². The van der Waals surface area contributed by atoms with Gasteiger partial charge in [-0.05, 0) is 36.6 Å². The van der Waals surface area contributed by atoms with E-state index in [4.69, 9.17) is 23.2 Å². The maximum Gasteiger partial charge on any atom is 0.256 e. The Balaban J connectivity index is 2.17. The lowest BCUT2D eigenvalue weighted by atomic mass is 10.1. The highest BCUT2D eigenvalue weighted by molar-refractivity contribution is 6.34. The number of carbonyl (C=O) groups excluding carboxylic acids is 1. The summed E-state index contributed by atoms with van der Waals surface area (Å²) in [7, 11) is 0. The van der Waals surface area contributed by atoms with E-state index in [9.17, 15) is 9.90 Å². The molecule has 1 aromatic carbocycles. The van der Waals surface area contributed by atoms with Crippen LogP contribution < -0.4 is 0 Å². The molecule has 0 bridgehead atoms. The van der Waals surface area contributed by atoms with E-state index in [1.54, 1.807) is 23.1 Å². The normalized spacial score (nSPS) is 17.2. The van der Waals surface area contributed by atoms with Crippen molar-refractivity contribution in [2.24, 2.45) is 0 Å². The summed E-state index contributed by atoms with van der Waals surface area (Å²) in [4.78, 5) is 13.6. The molecule has 0 radical (unpaired) electrons. The Morgan fingerprint density at radius 1 is 1.18 bits per heavy atom. The molecule has 5 heteroatoms. The van der Waals surface area contributed by atoms with Crippen LogP contribution in [0.5, 0.6) is 0 Å². The lowest BCUT2D eigenvalue weighted by molar-refractivity contribution is -0.139.